The second kappa shape index (κ2) is 6.70. The number of carbonyl (C=O) groups is 1. The van der Waals surface area contributed by atoms with Crippen LogP contribution in [0.1, 0.15) is 19.4 Å². The lowest BCUT2D eigenvalue weighted by Gasteiger charge is -2.06. The van der Waals surface area contributed by atoms with Gasteiger partial charge < -0.3 is 9.47 Å². The minimum absolute atomic E-state index is 0.282. The van der Waals surface area contributed by atoms with Crippen molar-refractivity contribution in [2.75, 3.05) is 6.61 Å². The molecule has 0 radical (unpaired) electrons. The Hall–Kier alpha value is -2.36. The summed E-state index contributed by atoms with van der Waals surface area (Å²) in [6.07, 6.45) is 3.51. The third-order valence-electron chi connectivity index (χ3n) is 2.87. The first kappa shape index (κ1) is 14.1. The molecule has 20 heavy (non-hydrogen) atoms. The van der Waals surface area contributed by atoms with E-state index in [9.17, 15) is 4.79 Å². The SMILES string of the molecule is CCOC(=O)Oc1cncc(-c2ccc(CC)cc2)c1. The fourth-order valence-corrected chi connectivity index (χ4v) is 1.81. The molecule has 0 N–H and O–H groups in total. The predicted octanol–water partition coefficient (Wildman–Crippen LogP) is 3.85. The molecule has 1 heterocycles. The highest BCUT2D eigenvalue weighted by Crippen LogP contribution is 2.23. The van der Waals surface area contributed by atoms with E-state index in [-0.39, 0.29) is 6.61 Å². The van der Waals surface area contributed by atoms with Gasteiger partial charge in [-0.15, -0.1) is 0 Å². The molecule has 0 spiro atoms. The Morgan fingerprint density at radius 2 is 1.85 bits per heavy atom. The number of hydrogen-bond acceptors (Lipinski definition) is 4. The van der Waals surface area contributed by atoms with Gasteiger partial charge in [0.1, 0.15) is 0 Å². The molecular weight excluding hydrogens is 254 g/mol. The maximum atomic E-state index is 11.3. The summed E-state index contributed by atoms with van der Waals surface area (Å²) in [4.78, 5) is 15.4. The van der Waals surface area contributed by atoms with Crippen molar-refractivity contribution in [3.8, 4) is 16.9 Å². The quantitative estimate of drug-likeness (QED) is 0.792. The van der Waals surface area contributed by atoms with E-state index in [4.69, 9.17) is 9.47 Å². The van der Waals surface area contributed by atoms with Gasteiger partial charge in [0.25, 0.3) is 0 Å². The van der Waals surface area contributed by atoms with E-state index in [2.05, 4.69) is 24.0 Å². The lowest BCUT2D eigenvalue weighted by Crippen LogP contribution is -2.10. The predicted molar refractivity (Wildman–Crippen MR) is 76.7 cm³/mol. The summed E-state index contributed by atoms with van der Waals surface area (Å²) < 4.78 is 9.77. The molecule has 0 aliphatic rings. The topological polar surface area (TPSA) is 48.4 Å². The molecule has 104 valence electrons. The first-order valence-electron chi connectivity index (χ1n) is 6.62. The van der Waals surface area contributed by atoms with Crippen molar-refractivity contribution in [2.45, 2.75) is 20.3 Å². The van der Waals surface area contributed by atoms with Gasteiger partial charge in [0, 0.05) is 11.8 Å². The number of rotatable bonds is 4. The lowest BCUT2D eigenvalue weighted by atomic mass is 10.0. The van der Waals surface area contributed by atoms with Crippen LogP contribution in [0.3, 0.4) is 0 Å². The van der Waals surface area contributed by atoms with E-state index in [1.165, 1.54) is 11.8 Å². The van der Waals surface area contributed by atoms with Crippen LogP contribution in [0, 0.1) is 0 Å². The Bertz CT molecular complexity index is 579. The molecule has 0 saturated heterocycles. The molecule has 0 fully saturated rings. The van der Waals surface area contributed by atoms with Crippen LogP contribution in [0.25, 0.3) is 11.1 Å². The molecule has 0 unspecified atom stereocenters. The zero-order chi connectivity index (χ0) is 14.4. The standard InChI is InChI=1S/C16H17NO3/c1-3-12-5-7-13(8-6-12)14-9-15(11-17-10-14)20-16(18)19-4-2/h5-11H,3-4H2,1-2H3. The number of carbonyl (C=O) groups excluding carboxylic acids is 1. The number of aromatic nitrogens is 1. The van der Waals surface area contributed by atoms with Gasteiger partial charge in [-0.1, -0.05) is 31.2 Å². The van der Waals surface area contributed by atoms with E-state index in [1.54, 1.807) is 19.2 Å². The van der Waals surface area contributed by atoms with Gasteiger partial charge in [-0.2, -0.15) is 0 Å². The summed E-state index contributed by atoms with van der Waals surface area (Å²) in [5.74, 6) is 0.375. The molecule has 0 amide bonds. The molecular formula is C16H17NO3. The molecule has 2 aromatic rings. The first-order chi connectivity index (χ1) is 9.72. The summed E-state index contributed by atoms with van der Waals surface area (Å²) in [6.45, 7) is 4.13. The molecule has 4 heteroatoms. The van der Waals surface area contributed by atoms with Crippen LogP contribution in [-0.4, -0.2) is 17.7 Å². The highest BCUT2D eigenvalue weighted by atomic mass is 16.7. The van der Waals surface area contributed by atoms with Crippen molar-refractivity contribution in [1.82, 2.24) is 4.98 Å². The van der Waals surface area contributed by atoms with Crippen molar-refractivity contribution < 1.29 is 14.3 Å². The van der Waals surface area contributed by atoms with Crippen LogP contribution < -0.4 is 4.74 Å². The van der Waals surface area contributed by atoms with Crippen molar-refractivity contribution >= 4 is 6.16 Å². The zero-order valence-electron chi connectivity index (χ0n) is 11.6. The molecule has 1 aromatic carbocycles. The van der Waals surface area contributed by atoms with Gasteiger partial charge in [0.15, 0.2) is 5.75 Å². The van der Waals surface area contributed by atoms with Crippen molar-refractivity contribution in [3.05, 3.63) is 48.3 Å². The number of nitrogens with zero attached hydrogens (tertiary/aromatic N) is 1. The summed E-state index contributed by atoms with van der Waals surface area (Å²) in [5, 5.41) is 0. The normalized spacial score (nSPS) is 10.1. The second-order valence-corrected chi connectivity index (χ2v) is 4.24. The van der Waals surface area contributed by atoms with Crippen LogP contribution in [0.15, 0.2) is 42.7 Å². The Balaban J connectivity index is 2.18. The average Bonchev–Trinajstić information content (AvgIpc) is 2.48. The minimum atomic E-state index is -0.715. The van der Waals surface area contributed by atoms with Crippen LogP contribution in [0.4, 0.5) is 4.79 Å². The summed E-state index contributed by atoms with van der Waals surface area (Å²) >= 11 is 0. The number of pyridine rings is 1. The Labute approximate surface area is 118 Å². The van der Waals surface area contributed by atoms with Crippen LogP contribution >= 0.6 is 0 Å². The van der Waals surface area contributed by atoms with Crippen molar-refractivity contribution in [2.24, 2.45) is 0 Å². The van der Waals surface area contributed by atoms with E-state index in [1.807, 2.05) is 12.1 Å². The largest absolute Gasteiger partial charge is 0.513 e. The fourth-order valence-electron chi connectivity index (χ4n) is 1.81. The van der Waals surface area contributed by atoms with Gasteiger partial charge in [-0.25, -0.2) is 4.79 Å². The third kappa shape index (κ3) is 3.57. The summed E-state index contributed by atoms with van der Waals surface area (Å²) in [7, 11) is 0. The molecule has 1 aromatic heterocycles. The fraction of sp³-hybridized carbons (Fsp3) is 0.250. The highest BCUT2D eigenvalue weighted by molar-refractivity contribution is 5.67. The van der Waals surface area contributed by atoms with Gasteiger partial charge in [0.2, 0.25) is 0 Å². The van der Waals surface area contributed by atoms with Crippen molar-refractivity contribution in [1.29, 1.82) is 0 Å². The number of hydrogen-bond donors (Lipinski definition) is 0. The zero-order valence-corrected chi connectivity index (χ0v) is 11.6. The monoisotopic (exact) mass is 271 g/mol. The molecule has 2 rings (SSSR count). The van der Waals surface area contributed by atoms with Gasteiger partial charge in [-0.3, -0.25) is 4.98 Å². The van der Waals surface area contributed by atoms with Gasteiger partial charge >= 0.3 is 6.16 Å². The lowest BCUT2D eigenvalue weighted by molar-refractivity contribution is 0.104. The highest BCUT2D eigenvalue weighted by Gasteiger charge is 2.07. The average molecular weight is 271 g/mol. The minimum Gasteiger partial charge on any atom is -0.434 e. The van der Waals surface area contributed by atoms with E-state index in [0.717, 1.165) is 17.5 Å². The Kier molecular flexibility index (Phi) is 4.71. The molecule has 0 aliphatic carbocycles. The molecule has 4 nitrogen and oxygen atoms in total. The van der Waals surface area contributed by atoms with E-state index >= 15 is 0 Å². The Morgan fingerprint density at radius 1 is 1.10 bits per heavy atom. The maximum Gasteiger partial charge on any atom is 0.513 e. The third-order valence-corrected chi connectivity index (χ3v) is 2.87. The van der Waals surface area contributed by atoms with Gasteiger partial charge in [-0.05, 0) is 30.5 Å². The van der Waals surface area contributed by atoms with Crippen LogP contribution in [0.5, 0.6) is 5.75 Å². The smallest absolute Gasteiger partial charge is 0.434 e. The molecule has 0 saturated carbocycles. The first-order valence-corrected chi connectivity index (χ1v) is 6.62. The number of benzene rings is 1. The summed E-state index contributed by atoms with van der Waals surface area (Å²) in [6, 6.07) is 9.99. The second-order valence-electron chi connectivity index (χ2n) is 4.24. The van der Waals surface area contributed by atoms with Crippen LogP contribution in [0.2, 0.25) is 0 Å². The maximum absolute atomic E-state index is 11.3. The van der Waals surface area contributed by atoms with Gasteiger partial charge in [0.05, 0.1) is 12.8 Å². The van der Waals surface area contributed by atoms with Crippen molar-refractivity contribution in [3.63, 3.8) is 0 Å². The molecule has 0 aliphatic heterocycles. The molecule has 0 bridgehead atoms. The Morgan fingerprint density at radius 3 is 2.50 bits per heavy atom. The molecule has 0 atom stereocenters. The number of ether oxygens (including phenoxy) is 2. The van der Waals surface area contributed by atoms with E-state index < -0.39 is 6.16 Å². The number of aryl methyl sites for hydroxylation is 1. The summed E-state index contributed by atoms with van der Waals surface area (Å²) in [5.41, 5.74) is 3.21. The van der Waals surface area contributed by atoms with E-state index in [0.29, 0.717) is 5.75 Å². The van der Waals surface area contributed by atoms with Crippen LogP contribution in [-0.2, 0) is 11.2 Å².